The van der Waals surface area contributed by atoms with Crippen molar-refractivity contribution in [2.24, 2.45) is 5.92 Å². The van der Waals surface area contributed by atoms with Gasteiger partial charge in [0, 0.05) is 30.6 Å². The fourth-order valence-corrected chi connectivity index (χ4v) is 3.45. The first-order valence-electron chi connectivity index (χ1n) is 8.38. The molecule has 1 heterocycles. The van der Waals surface area contributed by atoms with Crippen molar-refractivity contribution in [3.8, 4) is 0 Å². The van der Waals surface area contributed by atoms with Crippen LogP contribution in [0.15, 0.2) is 29.2 Å². The summed E-state index contributed by atoms with van der Waals surface area (Å²) in [6.07, 6.45) is 1.67. The normalized spacial score (nSPS) is 18.2. The molecule has 138 valence electrons. The zero-order valence-corrected chi connectivity index (χ0v) is 15.6. The first-order chi connectivity index (χ1) is 11.7. The van der Waals surface area contributed by atoms with E-state index in [-0.39, 0.29) is 28.7 Å². The maximum Gasteiger partial charge on any atom is 0.253 e. The van der Waals surface area contributed by atoms with E-state index in [0.717, 1.165) is 12.8 Å². The van der Waals surface area contributed by atoms with E-state index in [9.17, 15) is 18.0 Å². The molecule has 2 amide bonds. The molecule has 1 aromatic rings. The van der Waals surface area contributed by atoms with Gasteiger partial charge in [-0.1, -0.05) is 13.8 Å². The second kappa shape index (κ2) is 7.97. The fraction of sp³-hybridized carbons (Fsp3) is 0.529. The Balaban J connectivity index is 2.06. The van der Waals surface area contributed by atoms with Crippen molar-refractivity contribution in [3.05, 3.63) is 29.8 Å². The molecule has 0 unspecified atom stereocenters. The first kappa shape index (κ1) is 19.4. The molecule has 1 aliphatic heterocycles. The number of rotatable bonds is 5. The van der Waals surface area contributed by atoms with E-state index >= 15 is 0 Å². The number of amides is 2. The summed E-state index contributed by atoms with van der Waals surface area (Å²) in [5.74, 6) is -0.259. The van der Waals surface area contributed by atoms with E-state index < -0.39 is 10.0 Å². The average molecular weight is 367 g/mol. The van der Waals surface area contributed by atoms with E-state index in [1.54, 1.807) is 4.90 Å². The minimum Gasteiger partial charge on any atom is -0.351 e. The zero-order valence-electron chi connectivity index (χ0n) is 14.8. The second-order valence-corrected chi connectivity index (χ2v) is 8.37. The predicted octanol–water partition coefficient (Wildman–Crippen LogP) is 0.971. The summed E-state index contributed by atoms with van der Waals surface area (Å²) in [6.45, 7) is 4.76. The van der Waals surface area contributed by atoms with Crippen molar-refractivity contribution in [1.82, 2.24) is 14.9 Å². The molecule has 0 bridgehead atoms. The first-order valence-corrected chi connectivity index (χ1v) is 9.86. The molecule has 1 saturated heterocycles. The van der Waals surface area contributed by atoms with Gasteiger partial charge in [-0.25, -0.2) is 13.1 Å². The largest absolute Gasteiger partial charge is 0.351 e. The van der Waals surface area contributed by atoms with Crippen LogP contribution in [0.3, 0.4) is 0 Å². The molecule has 0 radical (unpaired) electrons. The predicted molar refractivity (Wildman–Crippen MR) is 94.6 cm³/mol. The fourth-order valence-electron chi connectivity index (χ4n) is 2.72. The number of carbonyl (C=O) groups excluding carboxylic acids is 2. The Bertz CT molecular complexity index is 729. The quantitative estimate of drug-likeness (QED) is 0.811. The van der Waals surface area contributed by atoms with Gasteiger partial charge in [-0.15, -0.1) is 0 Å². The van der Waals surface area contributed by atoms with Crippen LogP contribution in [-0.2, 0) is 14.8 Å². The molecule has 0 saturated carbocycles. The van der Waals surface area contributed by atoms with Gasteiger partial charge in [0.05, 0.1) is 4.90 Å². The number of nitrogens with one attached hydrogen (secondary N) is 2. The number of likely N-dealkylation sites (tertiary alicyclic amines) is 1. The van der Waals surface area contributed by atoms with E-state index in [4.69, 9.17) is 0 Å². The number of benzene rings is 1. The van der Waals surface area contributed by atoms with Gasteiger partial charge in [0.15, 0.2) is 0 Å². The van der Waals surface area contributed by atoms with Crippen LogP contribution in [0.25, 0.3) is 0 Å². The molecular weight excluding hydrogens is 342 g/mol. The lowest BCUT2D eigenvalue weighted by molar-refractivity contribution is -0.125. The summed E-state index contributed by atoms with van der Waals surface area (Å²) < 4.78 is 25.7. The third kappa shape index (κ3) is 4.79. The molecule has 2 rings (SSSR count). The maximum atomic E-state index is 12.6. The number of sulfonamides is 1. The van der Waals surface area contributed by atoms with Crippen LogP contribution in [0.2, 0.25) is 0 Å². The van der Waals surface area contributed by atoms with Gasteiger partial charge in [-0.2, -0.15) is 0 Å². The molecule has 0 aliphatic carbocycles. The van der Waals surface area contributed by atoms with Crippen LogP contribution in [0.5, 0.6) is 0 Å². The zero-order chi connectivity index (χ0) is 18.6. The topological polar surface area (TPSA) is 95.6 Å². The van der Waals surface area contributed by atoms with Crippen molar-refractivity contribution >= 4 is 21.8 Å². The lowest BCUT2D eigenvalue weighted by atomic mass is 10.0. The Hall–Kier alpha value is -1.93. The molecule has 1 fully saturated rings. The molecule has 25 heavy (non-hydrogen) atoms. The average Bonchev–Trinajstić information content (AvgIpc) is 2.61. The third-order valence-electron chi connectivity index (χ3n) is 4.26. The van der Waals surface area contributed by atoms with Crippen molar-refractivity contribution in [2.75, 3.05) is 20.1 Å². The number of hydrogen-bond donors (Lipinski definition) is 2. The molecule has 8 heteroatoms. The van der Waals surface area contributed by atoms with Crippen molar-refractivity contribution in [3.63, 3.8) is 0 Å². The van der Waals surface area contributed by atoms with E-state index in [1.807, 2.05) is 13.8 Å². The summed E-state index contributed by atoms with van der Waals surface area (Å²) in [5, 5.41) is 2.97. The van der Waals surface area contributed by atoms with Crippen molar-refractivity contribution < 1.29 is 18.0 Å². The molecule has 0 spiro atoms. The number of nitrogens with zero attached hydrogens (tertiary/aromatic N) is 1. The molecule has 7 nitrogen and oxygen atoms in total. The standard InChI is InChI=1S/C17H25N3O4S/c1-12(2)16(21)19-14-5-4-10-20(11-14)17(22)13-6-8-15(9-7-13)25(23,24)18-3/h6-9,12,14,18H,4-5,10-11H2,1-3H3,(H,19,21)/t14-/m1/s1. The molecule has 0 aromatic heterocycles. The summed E-state index contributed by atoms with van der Waals surface area (Å²) >= 11 is 0. The Morgan fingerprint density at radius 2 is 1.84 bits per heavy atom. The van der Waals surface area contributed by atoms with Crippen LogP contribution in [0.4, 0.5) is 0 Å². The highest BCUT2D eigenvalue weighted by atomic mass is 32.2. The van der Waals surface area contributed by atoms with Gasteiger partial charge >= 0.3 is 0 Å². The van der Waals surface area contributed by atoms with Crippen LogP contribution in [0, 0.1) is 5.92 Å². The van der Waals surface area contributed by atoms with Crippen LogP contribution in [0.1, 0.15) is 37.0 Å². The molecule has 2 N–H and O–H groups in total. The Labute approximate surface area is 148 Å². The molecular formula is C17H25N3O4S. The summed E-state index contributed by atoms with van der Waals surface area (Å²) in [7, 11) is -2.18. The van der Waals surface area contributed by atoms with Gasteiger partial charge < -0.3 is 10.2 Å². The van der Waals surface area contributed by atoms with Gasteiger partial charge in [-0.3, -0.25) is 9.59 Å². The number of piperidine rings is 1. The smallest absolute Gasteiger partial charge is 0.253 e. The highest BCUT2D eigenvalue weighted by molar-refractivity contribution is 7.89. The van der Waals surface area contributed by atoms with Crippen LogP contribution < -0.4 is 10.0 Å². The molecule has 1 aliphatic rings. The summed E-state index contributed by atoms with van der Waals surface area (Å²) in [5.41, 5.74) is 0.436. The Kier molecular flexibility index (Phi) is 6.18. The van der Waals surface area contributed by atoms with E-state index in [2.05, 4.69) is 10.0 Å². The lowest BCUT2D eigenvalue weighted by Crippen LogP contribution is -2.50. The highest BCUT2D eigenvalue weighted by Gasteiger charge is 2.26. The summed E-state index contributed by atoms with van der Waals surface area (Å²) in [6, 6.07) is 5.82. The highest BCUT2D eigenvalue weighted by Crippen LogP contribution is 2.16. The number of carbonyl (C=O) groups is 2. The monoisotopic (exact) mass is 367 g/mol. The van der Waals surface area contributed by atoms with Gasteiger partial charge in [0.25, 0.3) is 5.91 Å². The maximum absolute atomic E-state index is 12.6. The van der Waals surface area contributed by atoms with Crippen molar-refractivity contribution in [1.29, 1.82) is 0 Å². The summed E-state index contributed by atoms with van der Waals surface area (Å²) in [4.78, 5) is 26.3. The van der Waals surface area contributed by atoms with Gasteiger partial charge in [0.2, 0.25) is 15.9 Å². The molecule has 1 aromatic carbocycles. The minimum absolute atomic E-state index is 0.0130. The van der Waals surface area contributed by atoms with Crippen molar-refractivity contribution in [2.45, 2.75) is 37.6 Å². The van der Waals surface area contributed by atoms with Gasteiger partial charge in [-0.05, 0) is 44.2 Å². The lowest BCUT2D eigenvalue weighted by Gasteiger charge is -2.33. The van der Waals surface area contributed by atoms with Crippen LogP contribution >= 0.6 is 0 Å². The third-order valence-corrected chi connectivity index (χ3v) is 5.69. The Morgan fingerprint density at radius 1 is 1.20 bits per heavy atom. The SMILES string of the molecule is CNS(=O)(=O)c1ccc(C(=O)N2CCC[C@@H](NC(=O)C(C)C)C2)cc1. The number of hydrogen-bond acceptors (Lipinski definition) is 4. The van der Waals surface area contributed by atoms with Gasteiger partial charge in [0.1, 0.15) is 0 Å². The van der Waals surface area contributed by atoms with Crippen LogP contribution in [-0.4, -0.2) is 51.3 Å². The second-order valence-electron chi connectivity index (χ2n) is 6.49. The molecule has 1 atom stereocenters. The van der Waals surface area contributed by atoms with E-state index in [0.29, 0.717) is 18.7 Å². The Morgan fingerprint density at radius 3 is 2.40 bits per heavy atom. The van der Waals surface area contributed by atoms with E-state index in [1.165, 1.54) is 31.3 Å². The minimum atomic E-state index is -3.52.